The lowest BCUT2D eigenvalue weighted by Gasteiger charge is -2.26. The molecule has 0 saturated carbocycles. The first kappa shape index (κ1) is 32.0. The van der Waals surface area contributed by atoms with Gasteiger partial charge < -0.3 is 38.3 Å². The molecule has 0 saturated heterocycles. The number of carboxylic acids is 1. The van der Waals surface area contributed by atoms with Gasteiger partial charge in [-0.05, 0) is 63.1 Å². The maximum atomic E-state index is 13.2. The molecule has 0 aromatic heterocycles. The Labute approximate surface area is 219 Å². The lowest BCUT2D eigenvalue weighted by molar-refractivity contribution is -0.142. The molecule has 0 heterocycles. The van der Waals surface area contributed by atoms with E-state index in [2.05, 4.69) is 16.0 Å². The topological polar surface area (TPSA) is 203 Å². The van der Waals surface area contributed by atoms with E-state index in [1.54, 1.807) is 38.1 Å². The normalized spacial score (nSPS) is 14.3. The molecular weight excluding hydrogens is 476 g/mol. The van der Waals surface area contributed by atoms with Crippen LogP contribution in [-0.2, 0) is 25.6 Å². The zero-order valence-electron chi connectivity index (χ0n) is 21.9. The molecule has 1 rings (SSSR count). The molecule has 0 fully saturated rings. The summed E-state index contributed by atoms with van der Waals surface area (Å²) >= 11 is 0. The second-order valence-corrected chi connectivity index (χ2v) is 9.55. The van der Waals surface area contributed by atoms with Gasteiger partial charge in [0.05, 0.1) is 6.04 Å². The Hall–Kier alpha value is -3.02. The van der Waals surface area contributed by atoms with Crippen molar-refractivity contribution in [3.05, 3.63) is 35.9 Å². The third-order valence-electron chi connectivity index (χ3n) is 6.08. The summed E-state index contributed by atoms with van der Waals surface area (Å²) in [7, 11) is 0. The number of carboxylic acid groups (broad SMARTS) is 1. The average molecular weight is 521 g/mol. The van der Waals surface area contributed by atoms with Crippen molar-refractivity contribution in [1.82, 2.24) is 16.0 Å². The Morgan fingerprint density at radius 3 is 1.65 bits per heavy atom. The lowest BCUT2D eigenvalue weighted by atomic mass is 10.0. The van der Waals surface area contributed by atoms with E-state index in [-0.39, 0.29) is 18.8 Å². The summed E-state index contributed by atoms with van der Waals surface area (Å²) in [6.07, 6.45) is 3.11. The Morgan fingerprint density at radius 1 is 0.757 bits per heavy atom. The van der Waals surface area contributed by atoms with Gasteiger partial charge in [0.1, 0.15) is 18.1 Å². The van der Waals surface area contributed by atoms with E-state index >= 15 is 0 Å². The van der Waals surface area contributed by atoms with E-state index < -0.39 is 47.9 Å². The number of benzene rings is 1. The van der Waals surface area contributed by atoms with E-state index in [4.69, 9.17) is 17.2 Å². The number of nitrogens with two attached hydrogens (primary N) is 3. The minimum absolute atomic E-state index is 0.0935. The Balaban J connectivity index is 3.01. The number of hydrogen-bond acceptors (Lipinski definition) is 7. The third kappa shape index (κ3) is 12.2. The molecule has 0 spiro atoms. The van der Waals surface area contributed by atoms with Gasteiger partial charge in [0.15, 0.2) is 0 Å². The number of nitrogens with one attached hydrogen (secondary N) is 3. The van der Waals surface area contributed by atoms with Gasteiger partial charge in [-0.15, -0.1) is 0 Å². The number of carbonyl (C=O) groups is 4. The second kappa shape index (κ2) is 17.4. The Bertz CT molecular complexity index is 851. The summed E-state index contributed by atoms with van der Waals surface area (Å²) in [6, 6.07) is 5.08. The fourth-order valence-electron chi connectivity index (χ4n) is 3.69. The summed E-state index contributed by atoms with van der Waals surface area (Å²) in [5, 5.41) is 17.6. The van der Waals surface area contributed by atoms with E-state index in [1.807, 2.05) is 6.07 Å². The third-order valence-corrected chi connectivity index (χ3v) is 6.08. The fourth-order valence-corrected chi connectivity index (χ4v) is 3.69. The fraction of sp³-hybridized carbons (Fsp3) is 0.615. The van der Waals surface area contributed by atoms with Crippen LogP contribution in [0.2, 0.25) is 0 Å². The van der Waals surface area contributed by atoms with Gasteiger partial charge in [-0.2, -0.15) is 0 Å². The number of carbonyl (C=O) groups excluding carboxylic acids is 3. The van der Waals surface area contributed by atoms with Crippen LogP contribution < -0.4 is 33.2 Å². The summed E-state index contributed by atoms with van der Waals surface area (Å²) in [6.45, 7) is 4.47. The van der Waals surface area contributed by atoms with Gasteiger partial charge in [-0.1, -0.05) is 44.2 Å². The highest BCUT2D eigenvalue weighted by Gasteiger charge is 2.30. The standard InChI is InChI=1S/C26H44N6O5/c1-17(2)22(29)25(35)31-20(13-7-9-15-28)23(33)30-19(12-6-8-14-27)24(34)32-21(26(36)37)16-18-10-4-3-5-11-18/h3-5,10-11,17,19-22H,6-9,12-16,27-29H2,1-2H3,(H,30,33)(H,31,35)(H,32,34)(H,36,37). The predicted molar refractivity (Wildman–Crippen MR) is 142 cm³/mol. The molecule has 11 heteroatoms. The highest BCUT2D eigenvalue weighted by Crippen LogP contribution is 2.09. The van der Waals surface area contributed by atoms with Crippen molar-refractivity contribution in [2.24, 2.45) is 23.1 Å². The molecule has 4 unspecified atom stereocenters. The van der Waals surface area contributed by atoms with Crippen molar-refractivity contribution < 1.29 is 24.3 Å². The van der Waals surface area contributed by atoms with Crippen molar-refractivity contribution in [3.63, 3.8) is 0 Å². The second-order valence-electron chi connectivity index (χ2n) is 9.55. The Morgan fingerprint density at radius 2 is 1.22 bits per heavy atom. The van der Waals surface area contributed by atoms with Gasteiger partial charge in [0.25, 0.3) is 0 Å². The molecule has 208 valence electrons. The number of hydrogen-bond donors (Lipinski definition) is 7. The zero-order chi connectivity index (χ0) is 27.8. The molecule has 10 N–H and O–H groups in total. The van der Waals surface area contributed by atoms with Gasteiger partial charge in [0.2, 0.25) is 17.7 Å². The maximum absolute atomic E-state index is 13.2. The van der Waals surface area contributed by atoms with E-state index in [9.17, 15) is 24.3 Å². The lowest BCUT2D eigenvalue weighted by Crippen LogP contribution is -2.57. The van der Waals surface area contributed by atoms with Crippen LogP contribution in [0.4, 0.5) is 0 Å². The molecule has 0 aliphatic heterocycles. The van der Waals surface area contributed by atoms with Gasteiger partial charge in [0, 0.05) is 6.42 Å². The van der Waals surface area contributed by atoms with Crippen LogP contribution in [0.25, 0.3) is 0 Å². The van der Waals surface area contributed by atoms with Gasteiger partial charge in [-0.25, -0.2) is 4.79 Å². The SMILES string of the molecule is CC(C)C(N)C(=O)NC(CCCCN)C(=O)NC(CCCCN)C(=O)NC(Cc1ccccc1)C(=O)O. The summed E-state index contributed by atoms with van der Waals surface area (Å²) in [5.41, 5.74) is 17.9. The van der Waals surface area contributed by atoms with E-state index in [0.29, 0.717) is 45.2 Å². The molecule has 37 heavy (non-hydrogen) atoms. The molecule has 1 aromatic rings. The van der Waals surface area contributed by atoms with Gasteiger partial charge >= 0.3 is 5.97 Å². The maximum Gasteiger partial charge on any atom is 0.326 e. The van der Waals surface area contributed by atoms with Crippen LogP contribution in [0.15, 0.2) is 30.3 Å². The monoisotopic (exact) mass is 520 g/mol. The number of aliphatic carboxylic acids is 1. The van der Waals surface area contributed by atoms with Crippen molar-refractivity contribution in [1.29, 1.82) is 0 Å². The van der Waals surface area contributed by atoms with E-state index in [1.165, 1.54) is 0 Å². The molecule has 4 atom stereocenters. The van der Waals surface area contributed by atoms with Crippen LogP contribution in [0.1, 0.15) is 57.9 Å². The zero-order valence-corrected chi connectivity index (χ0v) is 21.9. The molecule has 1 aromatic carbocycles. The van der Waals surface area contributed by atoms with Crippen molar-refractivity contribution in [3.8, 4) is 0 Å². The summed E-state index contributed by atoms with van der Waals surface area (Å²) in [4.78, 5) is 50.7. The molecule has 0 aliphatic carbocycles. The molecule has 11 nitrogen and oxygen atoms in total. The highest BCUT2D eigenvalue weighted by molar-refractivity contribution is 5.94. The number of unbranched alkanes of at least 4 members (excludes halogenated alkanes) is 2. The summed E-state index contributed by atoms with van der Waals surface area (Å²) in [5.74, 6) is -2.91. The predicted octanol–water partition coefficient (Wildman–Crippen LogP) is 0.00940. The molecule has 0 radical (unpaired) electrons. The first-order chi connectivity index (χ1) is 17.6. The molecule has 0 aliphatic rings. The van der Waals surface area contributed by atoms with Crippen LogP contribution in [-0.4, -0.2) is 66.1 Å². The van der Waals surface area contributed by atoms with Crippen LogP contribution >= 0.6 is 0 Å². The molecular formula is C26H44N6O5. The van der Waals surface area contributed by atoms with E-state index in [0.717, 1.165) is 5.56 Å². The largest absolute Gasteiger partial charge is 0.480 e. The minimum Gasteiger partial charge on any atom is -0.480 e. The van der Waals surface area contributed by atoms with Crippen molar-refractivity contribution >= 4 is 23.7 Å². The van der Waals surface area contributed by atoms with Crippen molar-refractivity contribution in [2.45, 2.75) is 83.0 Å². The quantitative estimate of drug-likeness (QED) is 0.131. The molecule has 3 amide bonds. The Kier molecular flexibility index (Phi) is 15.1. The summed E-state index contributed by atoms with van der Waals surface area (Å²) < 4.78 is 0. The number of rotatable bonds is 18. The number of amides is 3. The first-order valence-electron chi connectivity index (χ1n) is 12.9. The smallest absolute Gasteiger partial charge is 0.326 e. The van der Waals surface area contributed by atoms with Gasteiger partial charge in [-0.3, -0.25) is 14.4 Å². The highest BCUT2D eigenvalue weighted by atomic mass is 16.4. The minimum atomic E-state index is -1.18. The van der Waals surface area contributed by atoms with Crippen LogP contribution in [0.5, 0.6) is 0 Å². The molecule has 0 bridgehead atoms. The first-order valence-corrected chi connectivity index (χ1v) is 12.9. The van der Waals surface area contributed by atoms with Crippen molar-refractivity contribution in [2.75, 3.05) is 13.1 Å². The average Bonchev–Trinajstić information content (AvgIpc) is 2.87. The van der Waals surface area contributed by atoms with Crippen LogP contribution in [0.3, 0.4) is 0 Å². The van der Waals surface area contributed by atoms with Crippen LogP contribution in [0, 0.1) is 5.92 Å².